The zero-order valence-electron chi connectivity index (χ0n) is 6.84. The maximum absolute atomic E-state index is 5.61. The predicted octanol–water partition coefficient (Wildman–Crippen LogP) is 3.88. The molecular weight excluding hydrogens is 270 g/mol. The van der Waals surface area contributed by atoms with Crippen LogP contribution in [0.2, 0.25) is 0 Å². The summed E-state index contributed by atoms with van der Waals surface area (Å²) in [5.41, 5.74) is 7.90. The lowest BCUT2D eigenvalue weighted by atomic mass is 10.3. The second-order valence-corrected chi connectivity index (χ2v) is 4.53. The standard InChI is InChI=1S/C9H9BrClNS/c10-8-6-7(12)2-3-9(8)13-5-1-4-11/h1-4,6H,5,12H2/b4-1+. The Labute approximate surface area is 95.5 Å². The highest BCUT2D eigenvalue weighted by Crippen LogP contribution is 2.29. The third-order valence-electron chi connectivity index (χ3n) is 1.38. The van der Waals surface area contributed by atoms with Crippen LogP contribution in [0.1, 0.15) is 0 Å². The van der Waals surface area contributed by atoms with Crippen LogP contribution in [0.4, 0.5) is 5.69 Å². The molecular formula is C9H9BrClNS. The Kier molecular flexibility index (Phi) is 4.70. The van der Waals surface area contributed by atoms with Crippen molar-refractivity contribution in [1.29, 1.82) is 0 Å². The van der Waals surface area contributed by atoms with Crippen molar-refractivity contribution in [2.45, 2.75) is 4.90 Å². The summed E-state index contributed by atoms with van der Waals surface area (Å²) in [5, 5.41) is 0. The van der Waals surface area contributed by atoms with Crippen molar-refractivity contribution in [3.8, 4) is 0 Å². The van der Waals surface area contributed by atoms with Gasteiger partial charge in [0.25, 0.3) is 0 Å². The Balaban J connectivity index is 2.66. The van der Waals surface area contributed by atoms with E-state index in [1.165, 1.54) is 10.4 Å². The molecule has 0 aliphatic carbocycles. The molecule has 0 fully saturated rings. The van der Waals surface area contributed by atoms with Crippen molar-refractivity contribution in [2.75, 3.05) is 11.5 Å². The molecule has 0 saturated heterocycles. The van der Waals surface area contributed by atoms with Gasteiger partial charge in [-0.1, -0.05) is 17.7 Å². The maximum Gasteiger partial charge on any atom is 0.0331 e. The van der Waals surface area contributed by atoms with Gasteiger partial charge < -0.3 is 5.73 Å². The number of halogens is 2. The van der Waals surface area contributed by atoms with Gasteiger partial charge in [0.1, 0.15) is 0 Å². The molecule has 0 bridgehead atoms. The molecule has 0 atom stereocenters. The van der Waals surface area contributed by atoms with Crippen molar-refractivity contribution in [3.05, 3.63) is 34.3 Å². The van der Waals surface area contributed by atoms with E-state index in [-0.39, 0.29) is 0 Å². The molecule has 70 valence electrons. The van der Waals surface area contributed by atoms with Crippen LogP contribution < -0.4 is 5.73 Å². The van der Waals surface area contributed by atoms with Gasteiger partial charge in [-0.15, -0.1) is 11.8 Å². The first-order chi connectivity index (χ1) is 6.24. The normalized spacial score (nSPS) is 10.9. The van der Waals surface area contributed by atoms with E-state index in [4.69, 9.17) is 17.3 Å². The van der Waals surface area contributed by atoms with E-state index in [2.05, 4.69) is 15.9 Å². The molecule has 2 N–H and O–H groups in total. The fraction of sp³-hybridized carbons (Fsp3) is 0.111. The SMILES string of the molecule is Nc1ccc(SC/C=C/Cl)c(Br)c1. The Morgan fingerprint density at radius 3 is 2.92 bits per heavy atom. The molecule has 13 heavy (non-hydrogen) atoms. The number of nitrogens with two attached hydrogens (primary N) is 1. The number of anilines is 1. The minimum atomic E-state index is 0.768. The molecule has 0 aliphatic heterocycles. The summed E-state index contributed by atoms with van der Waals surface area (Å²) in [6, 6.07) is 5.77. The van der Waals surface area contributed by atoms with E-state index >= 15 is 0 Å². The number of thioether (sulfide) groups is 1. The Bertz CT molecular complexity index is 314. The molecule has 0 saturated carbocycles. The van der Waals surface area contributed by atoms with E-state index in [0.29, 0.717) is 0 Å². The zero-order valence-corrected chi connectivity index (χ0v) is 9.99. The van der Waals surface area contributed by atoms with Gasteiger partial charge in [-0.25, -0.2) is 0 Å². The van der Waals surface area contributed by atoms with Crippen molar-refractivity contribution in [3.63, 3.8) is 0 Å². The van der Waals surface area contributed by atoms with Crippen LogP contribution >= 0.6 is 39.3 Å². The molecule has 0 heterocycles. The van der Waals surface area contributed by atoms with Gasteiger partial charge in [0, 0.05) is 26.3 Å². The number of hydrogen-bond acceptors (Lipinski definition) is 2. The van der Waals surface area contributed by atoms with Crippen LogP contribution in [0.5, 0.6) is 0 Å². The average molecular weight is 279 g/mol. The van der Waals surface area contributed by atoms with Gasteiger partial charge in [-0.2, -0.15) is 0 Å². The number of benzene rings is 1. The first-order valence-corrected chi connectivity index (χ1v) is 5.88. The highest BCUT2D eigenvalue weighted by Gasteiger charge is 1.98. The van der Waals surface area contributed by atoms with E-state index < -0.39 is 0 Å². The van der Waals surface area contributed by atoms with Crippen LogP contribution in [0, 0.1) is 0 Å². The van der Waals surface area contributed by atoms with E-state index in [9.17, 15) is 0 Å². The molecule has 4 heteroatoms. The van der Waals surface area contributed by atoms with Crippen LogP contribution in [0.15, 0.2) is 39.2 Å². The van der Waals surface area contributed by atoms with Crippen molar-refractivity contribution in [2.24, 2.45) is 0 Å². The molecule has 1 rings (SSSR count). The lowest BCUT2D eigenvalue weighted by Gasteiger charge is -2.02. The second kappa shape index (κ2) is 5.58. The van der Waals surface area contributed by atoms with E-state index in [1.807, 2.05) is 24.3 Å². The van der Waals surface area contributed by atoms with Crippen LogP contribution in [0.3, 0.4) is 0 Å². The Morgan fingerprint density at radius 1 is 1.54 bits per heavy atom. The predicted molar refractivity (Wildman–Crippen MR) is 64.3 cm³/mol. The molecule has 0 amide bonds. The summed E-state index contributed by atoms with van der Waals surface area (Å²) < 4.78 is 1.03. The lowest BCUT2D eigenvalue weighted by molar-refractivity contribution is 1.41. The summed E-state index contributed by atoms with van der Waals surface area (Å²) in [4.78, 5) is 1.17. The van der Waals surface area contributed by atoms with Crippen molar-refractivity contribution in [1.82, 2.24) is 0 Å². The molecule has 1 nitrogen and oxygen atoms in total. The number of nitrogen functional groups attached to an aromatic ring is 1. The minimum Gasteiger partial charge on any atom is -0.399 e. The summed E-state index contributed by atoms with van der Waals surface area (Å²) in [6.07, 6.45) is 1.90. The molecule has 0 radical (unpaired) electrons. The Morgan fingerprint density at radius 2 is 2.31 bits per heavy atom. The molecule has 1 aromatic carbocycles. The van der Waals surface area contributed by atoms with Gasteiger partial charge in [0.15, 0.2) is 0 Å². The first kappa shape index (κ1) is 11.0. The van der Waals surface area contributed by atoms with Crippen LogP contribution in [-0.4, -0.2) is 5.75 Å². The van der Waals surface area contributed by atoms with Crippen LogP contribution in [0.25, 0.3) is 0 Å². The third kappa shape index (κ3) is 3.63. The molecule has 0 aliphatic rings. The Hall–Kier alpha value is -0.120. The minimum absolute atomic E-state index is 0.768. The summed E-state index contributed by atoms with van der Waals surface area (Å²) in [5.74, 6) is 0.867. The monoisotopic (exact) mass is 277 g/mol. The van der Waals surface area contributed by atoms with E-state index in [1.54, 1.807) is 11.8 Å². The highest BCUT2D eigenvalue weighted by atomic mass is 79.9. The van der Waals surface area contributed by atoms with Crippen molar-refractivity contribution < 1.29 is 0 Å². The van der Waals surface area contributed by atoms with Crippen LogP contribution in [-0.2, 0) is 0 Å². The maximum atomic E-state index is 5.61. The lowest BCUT2D eigenvalue weighted by Crippen LogP contribution is -1.84. The fourth-order valence-corrected chi connectivity index (χ4v) is 2.48. The van der Waals surface area contributed by atoms with E-state index in [0.717, 1.165) is 15.9 Å². The largest absolute Gasteiger partial charge is 0.399 e. The summed E-state index contributed by atoms with van der Waals surface area (Å²) in [7, 11) is 0. The first-order valence-electron chi connectivity index (χ1n) is 3.67. The quantitative estimate of drug-likeness (QED) is 0.671. The molecule has 0 spiro atoms. The molecule has 0 aromatic heterocycles. The average Bonchev–Trinajstić information content (AvgIpc) is 2.09. The topological polar surface area (TPSA) is 26.0 Å². The zero-order chi connectivity index (χ0) is 9.68. The third-order valence-corrected chi connectivity index (χ3v) is 3.50. The van der Waals surface area contributed by atoms with Gasteiger partial charge >= 0.3 is 0 Å². The van der Waals surface area contributed by atoms with Gasteiger partial charge in [-0.05, 0) is 34.1 Å². The highest BCUT2D eigenvalue weighted by molar-refractivity contribution is 9.10. The summed E-state index contributed by atoms with van der Waals surface area (Å²) >= 11 is 10.6. The molecule has 1 aromatic rings. The number of hydrogen-bond donors (Lipinski definition) is 1. The fourth-order valence-electron chi connectivity index (χ4n) is 0.808. The van der Waals surface area contributed by atoms with Gasteiger partial charge in [-0.3, -0.25) is 0 Å². The molecule has 0 unspecified atom stereocenters. The van der Waals surface area contributed by atoms with Crippen molar-refractivity contribution >= 4 is 45.0 Å². The summed E-state index contributed by atoms with van der Waals surface area (Å²) in [6.45, 7) is 0. The number of rotatable bonds is 3. The second-order valence-electron chi connectivity index (χ2n) is 2.36. The smallest absolute Gasteiger partial charge is 0.0331 e. The van der Waals surface area contributed by atoms with Gasteiger partial charge in [0.2, 0.25) is 0 Å². The van der Waals surface area contributed by atoms with Gasteiger partial charge in [0.05, 0.1) is 0 Å².